The number of hydrogen-bond donors (Lipinski definition) is 2. The second kappa shape index (κ2) is 6.14. The fourth-order valence-electron chi connectivity index (χ4n) is 1.92. The Hall–Kier alpha value is -1.43. The Morgan fingerprint density at radius 1 is 1.21 bits per heavy atom. The molecule has 0 saturated heterocycles. The minimum Gasteiger partial charge on any atom is -0.507 e. The predicted molar refractivity (Wildman–Crippen MR) is 85.9 cm³/mol. The van der Waals surface area contributed by atoms with E-state index in [1.807, 2.05) is 37.3 Å². The Kier molecular flexibility index (Phi) is 4.52. The maximum Gasteiger partial charge on any atom is 0.124 e. The van der Waals surface area contributed by atoms with Gasteiger partial charge in [-0.15, -0.1) is 0 Å². The number of hydrogen-bond acceptors (Lipinski definition) is 3. The zero-order chi connectivity index (χ0) is 13.8. The molecule has 2 rings (SSSR count). The number of phenols is 1. The van der Waals surface area contributed by atoms with Gasteiger partial charge in [0.05, 0.1) is 13.2 Å². The third kappa shape index (κ3) is 3.53. The average Bonchev–Trinajstić information content (AvgIpc) is 2.38. The highest BCUT2D eigenvalue weighted by Gasteiger charge is 2.11. The number of anilines is 1. The SMILES string of the molecule is COc1ccc(C(C)Nc2cccc(I)c2)c(O)c1. The molecule has 4 heteroatoms. The van der Waals surface area contributed by atoms with Crippen molar-refractivity contribution in [2.45, 2.75) is 13.0 Å². The second-order valence-corrected chi connectivity index (χ2v) is 5.55. The molecule has 0 aliphatic rings. The van der Waals surface area contributed by atoms with Crippen molar-refractivity contribution in [3.05, 3.63) is 51.6 Å². The molecule has 0 amide bonds. The summed E-state index contributed by atoms with van der Waals surface area (Å²) in [5, 5.41) is 13.4. The van der Waals surface area contributed by atoms with Gasteiger partial charge in [0.2, 0.25) is 0 Å². The monoisotopic (exact) mass is 369 g/mol. The summed E-state index contributed by atoms with van der Waals surface area (Å²) < 4.78 is 6.26. The molecule has 19 heavy (non-hydrogen) atoms. The summed E-state index contributed by atoms with van der Waals surface area (Å²) in [6.07, 6.45) is 0. The molecule has 0 radical (unpaired) electrons. The topological polar surface area (TPSA) is 41.5 Å². The summed E-state index contributed by atoms with van der Waals surface area (Å²) in [6, 6.07) is 13.5. The van der Waals surface area contributed by atoms with Gasteiger partial charge in [0.15, 0.2) is 0 Å². The molecule has 0 saturated carbocycles. The fourth-order valence-corrected chi connectivity index (χ4v) is 2.47. The Labute approximate surface area is 126 Å². The molecule has 100 valence electrons. The molecule has 1 unspecified atom stereocenters. The number of ether oxygens (including phenoxy) is 1. The lowest BCUT2D eigenvalue weighted by molar-refractivity contribution is 0.406. The molecule has 0 spiro atoms. The van der Waals surface area contributed by atoms with Crippen molar-refractivity contribution in [3.63, 3.8) is 0 Å². The first-order valence-corrected chi connectivity index (χ1v) is 7.07. The summed E-state index contributed by atoms with van der Waals surface area (Å²) in [7, 11) is 1.59. The van der Waals surface area contributed by atoms with E-state index >= 15 is 0 Å². The summed E-state index contributed by atoms with van der Waals surface area (Å²) in [4.78, 5) is 0. The second-order valence-electron chi connectivity index (χ2n) is 4.30. The minimum atomic E-state index is 0.0177. The molecule has 2 aromatic carbocycles. The number of rotatable bonds is 4. The summed E-state index contributed by atoms with van der Waals surface area (Å²) in [6.45, 7) is 2.02. The quantitative estimate of drug-likeness (QED) is 0.795. The van der Waals surface area contributed by atoms with Gasteiger partial charge in [0.25, 0.3) is 0 Å². The Morgan fingerprint density at radius 3 is 2.63 bits per heavy atom. The van der Waals surface area contributed by atoms with E-state index in [1.165, 1.54) is 3.57 Å². The molecule has 0 heterocycles. The number of benzene rings is 2. The highest BCUT2D eigenvalue weighted by molar-refractivity contribution is 14.1. The van der Waals surface area contributed by atoms with Crippen molar-refractivity contribution >= 4 is 28.3 Å². The van der Waals surface area contributed by atoms with Gasteiger partial charge in [0, 0.05) is 20.9 Å². The van der Waals surface area contributed by atoms with Gasteiger partial charge < -0.3 is 15.2 Å². The Balaban J connectivity index is 2.18. The molecule has 2 aromatic rings. The highest BCUT2D eigenvalue weighted by Crippen LogP contribution is 2.30. The molecular formula is C15H16INO2. The first-order chi connectivity index (χ1) is 9.10. The van der Waals surface area contributed by atoms with Gasteiger partial charge in [-0.3, -0.25) is 0 Å². The maximum atomic E-state index is 10.0. The van der Waals surface area contributed by atoms with Crippen molar-refractivity contribution < 1.29 is 9.84 Å². The van der Waals surface area contributed by atoms with E-state index < -0.39 is 0 Å². The lowest BCUT2D eigenvalue weighted by Crippen LogP contribution is -2.07. The van der Waals surface area contributed by atoms with E-state index in [2.05, 4.69) is 34.0 Å². The van der Waals surface area contributed by atoms with Crippen LogP contribution in [0.15, 0.2) is 42.5 Å². The molecule has 0 aromatic heterocycles. The van der Waals surface area contributed by atoms with Crippen molar-refractivity contribution in [2.75, 3.05) is 12.4 Å². The van der Waals surface area contributed by atoms with Crippen LogP contribution in [-0.2, 0) is 0 Å². The third-order valence-corrected chi connectivity index (χ3v) is 3.58. The number of nitrogens with one attached hydrogen (secondary N) is 1. The van der Waals surface area contributed by atoms with E-state index in [0.717, 1.165) is 11.3 Å². The zero-order valence-corrected chi connectivity index (χ0v) is 13.0. The Bertz CT molecular complexity index is 572. The van der Waals surface area contributed by atoms with Crippen LogP contribution in [0.5, 0.6) is 11.5 Å². The summed E-state index contributed by atoms with van der Waals surface area (Å²) in [5.74, 6) is 0.896. The van der Waals surface area contributed by atoms with E-state index in [4.69, 9.17) is 4.74 Å². The van der Waals surface area contributed by atoms with Gasteiger partial charge in [-0.2, -0.15) is 0 Å². The van der Waals surface area contributed by atoms with Crippen LogP contribution in [0, 0.1) is 3.57 Å². The molecule has 0 aliphatic heterocycles. The molecule has 0 bridgehead atoms. The average molecular weight is 369 g/mol. The maximum absolute atomic E-state index is 10.0. The van der Waals surface area contributed by atoms with Crippen LogP contribution in [0.1, 0.15) is 18.5 Å². The number of halogens is 1. The molecule has 0 fully saturated rings. The van der Waals surface area contributed by atoms with Crippen molar-refractivity contribution in [3.8, 4) is 11.5 Å². The number of methoxy groups -OCH3 is 1. The van der Waals surface area contributed by atoms with Crippen molar-refractivity contribution in [1.82, 2.24) is 0 Å². The lowest BCUT2D eigenvalue weighted by Gasteiger charge is -2.17. The van der Waals surface area contributed by atoms with E-state index in [1.54, 1.807) is 13.2 Å². The highest BCUT2D eigenvalue weighted by atomic mass is 127. The van der Waals surface area contributed by atoms with E-state index in [9.17, 15) is 5.11 Å². The van der Waals surface area contributed by atoms with Crippen molar-refractivity contribution in [1.29, 1.82) is 0 Å². The van der Waals surface area contributed by atoms with Crippen LogP contribution in [0.25, 0.3) is 0 Å². The van der Waals surface area contributed by atoms with Crippen LogP contribution < -0.4 is 10.1 Å². The van der Waals surface area contributed by atoms with E-state index in [-0.39, 0.29) is 11.8 Å². The van der Waals surface area contributed by atoms with Gasteiger partial charge in [0.1, 0.15) is 11.5 Å². The zero-order valence-electron chi connectivity index (χ0n) is 10.9. The van der Waals surface area contributed by atoms with Crippen LogP contribution in [-0.4, -0.2) is 12.2 Å². The molecule has 1 atom stereocenters. The van der Waals surface area contributed by atoms with Gasteiger partial charge in [-0.1, -0.05) is 6.07 Å². The summed E-state index contributed by atoms with van der Waals surface area (Å²) >= 11 is 2.28. The van der Waals surface area contributed by atoms with Gasteiger partial charge in [-0.25, -0.2) is 0 Å². The third-order valence-electron chi connectivity index (χ3n) is 2.91. The first kappa shape index (κ1) is 14.0. The van der Waals surface area contributed by atoms with Crippen LogP contribution in [0.4, 0.5) is 5.69 Å². The Morgan fingerprint density at radius 2 is 2.00 bits per heavy atom. The largest absolute Gasteiger partial charge is 0.507 e. The normalized spacial score (nSPS) is 11.9. The van der Waals surface area contributed by atoms with E-state index in [0.29, 0.717) is 5.75 Å². The smallest absolute Gasteiger partial charge is 0.124 e. The number of aromatic hydroxyl groups is 1. The molecule has 3 nitrogen and oxygen atoms in total. The molecule has 0 aliphatic carbocycles. The van der Waals surface area contributed by atoms with Crippen molar-refractivity contribution in [2.24, 2.45) is 0 Å². The van der Waals surface area contributed by atoms with Crippen LogP contribution in [0.3, 0.4) is 0 Å². The first-order valence-electron chi connectivity index (χ1n) is 5.99. The lowest BCUT2D eigenvalue weighted by atomic mass is 10.1. The van der Waals surface area contributed by atoms with Crippen LogP contribution >= 0.6 is 22.6 Å². The minimum absolute atomic E-state index is 0.0177. The summed E-state index contributed by atoms with van der Waals surface area (Å²) in [5.41, 5.74) is 1.88. The molecule has 2 N–H and O–H groups in total. The van der Waals surface area contributed by atoms with Crippen LogP contribution in [0.2, 0.25) is 0 Å². The standard InChI is InChI=1S/C15H16INO2/c1-10(17-12-5-3-4-11(16)8-12)14-7-6-13(19-2)9-15(14)18/h3-10,17-18H,1-2H3. The van der Waals surface area contributed by atoms with Gasteiger partial charge in [-0.05, 0) is 59.8 Å². The molecular weight excluding hydrogens is 353 g/mol. The number of phenolic OH excluding ortho intramolecular Hbond substituents is 1. The predicted octanol–water partition coefficient (Wildman–Crippen LogP) is 4.18. The fraction of sp³-hybridized carbons (Fsp3) is 0.200. The van der Waals surface area contributed by atoms with Gasteiger partial charge >= 0.3 is 0 Å².